The van der Waals surface area contributed by atoms with Crippen molar-refractivity contribution in [2.75, 3.05) is 5.32 Å². The lowest BCUT2D eigenvalue weighted by atomic mass is 9.72. The monoisotopic (exact) mass is 451 g/mol. The molecule has 2 aromatic carbocycles. The fraction of sp³-hybridized carbons (Fsp3) is 0.273. The standard InChI is InChI=1S/C22H18F5N3O2/c1-3-11-8-21(32,22(25,26)27)20(14-6-16(24)19(31)7-13(11)14)30-18-5-12(23)4-17-15(18)9-28-10(2)29-17/h3-7,9,20,30-32H,8H2,1-2H3/b11-3-/t20-,21-/m1/s1. The number of allylic oxidation sites excluding steroid dienone is 1. The summed E-state index contributed by atoms with van der Waals surface area (Å²) in [4.78, 5) is 8.10. The van der Waals surface area contributed by atoms with Crippen molar-refractivity contribution in [2.24, 2.45) is 0 Å². The highest BCUT2D eigenvalue weighted by Crippen LogP contribution is 2.53. The Morgan fingerprint density at radius 3 is 2.56 bits per heavy atom. The first-order valence-corrected chi connectivity index (χ1v) is 9.61. The molecule has 1 aromatic heterocycles. The Morgan fingerprint density at radius 2 is 1.91 bits per heavy atom. The van der Waals surface area contributed by atoms with Crippen molar-refractivity contribution < 1.29 is 32.2 Å². The lowest BCUT2D eigenvalue weighted by Crippen LogP contribution is -2.54. The average molecular weight is 451 g/mol. The molecular formula is C22H18F5N3O2. The van der Waals surface area contributed by atoms with Crippen molar-refractivity contribution in [3.63, 3.8) is 0 Å². The van der Waals surface area contributed by atoms with E-state index in [0.717, 1.165) is 24.3 Å². The zero-order valence-corrected chi connectivity index (χ0v) is 16.9. The number of aromatic hydroxyl groups is 1. The Balaban J connectivity index is 1.97. The molecule has 1 heterocycles. The lowest BCUT2D eigenvalue weighted by Gasteiger charge is -2.44. The molecule has 0 fully saturated rings. The van der Waals surface area contributed by atoms with Gasteiger partial charge in [-0.2, -0.15) is 13.2 Å². The van der Waals surface area contributed by atoms with Gasteiger partial charge in [-0.25, -0.2) is 18.7 Å². The van der Waals surface area contributed by atoms with Gasteiger partial charge in [0.2, 0.25) is 0 Å². The summed E-state index contributed by atoms with van der Waals surface area (Å²) >= 11 is 0. The summed E-state index contributed by atoms with van der Waals surface area (Å²) in [5, 5.41) is 23.5. The molecule has 168 valence electrons. The fourth-order valence-electron chi connectivity index (χ4n) is 4.03. The minimum Gasteiger partial charge on any atom is -0.505 e. The van der Waals surface area contributed by atoms with E-state index in [1.54, 1.807) is 6.92 Å². The van der Waals surface area contributed by atoms with Gasteiger partial charge in [-0.3, -0.25) is 0 Å². The van der Waals surface area contributed by atoms with Crippen molar-refractivity contribution in [2.45, 2.75) is 38.1 Å². The molecule has 3 N–H and O–H groups in total. The number of alkyl halides is 3. The van der Waals surface area contributed by atoms with Gasteiger partial charge in [-0.05, 0) is 48.7 Å². The molecule has 1 aliphatic carbocycles. The van der Waals surface area contributed by atoms with Gasteiger partial charge >= 0.3 is 6.18 Å². The number of aromatic nitrogens is 2. The Bertz CT molecular complexity index is 1250. The molecule has 0 aliphatic heterocycles. The second kappa shape index (κ2) is 7.40. The molecule has 2 atom stereocenters. The van der Waals surface area contributed by atoms with Crippen molar-refractivity contribution in [1.29, 1.82) is 0 Å². The quantitative estimate of drug-likeness (QED) is 0.469. The molecule has 0 bridgehead atoms. The van der Waals surface area contributed by atoms with Crippen molar-refractivity contribution in [3.05, 3.63) is 65.1 Å². The van der Waals surface area contributed by atoms with Crippen LogP contribution in [0.5, 0.6) is 5.75 Å². The van der Waals surface area contributed by atoms with Gasteiger partial charge in [0, 0.05) is 29.8 Å². The van der Waals surface area contributed by atoms with Crippen LogP contribution in [-0.2, 0) is 0 Å². The van der Waals surface area contributed by atoms with E-state index in [-0.39, 0.29) is 33.3 Å². The van der Waals surface area contributed by atoms with Gasteiger partial charge < -0.3 is 15.5 Å². The van der Waals surface area contributed by atoms with Crippen LogP contribution >= 0.6 is 0 Å². The van der Waals surface area contributed by atoms with Gasteiger partial charge in [0.15, 0.2) is 17.2 Å². The number of hydrogen-bond donors (Lipinski definition) is 3. The third-order valence-electron chi connectivity index (χ3n) is 5.64. The predicted molar refractivity (Wildman–Crippen MR) is 108 cm³/mol. The third-order valence-corrected chi connectivity index (χ3v) is 5.64. The Morgan fingerprint density at radius 1 is 1.19 bits per heavy atom. The van der Waals surface area contributed by atoms with Crippen molar-refractivity contribution >= 4 is 22.2 Å². The number of aliphatic hydroxyl groups is 1. The molecule has 10 heteroatoms. The van der Waals surface area contributed by atoms with E-state index in [1.165, 1.54) is 19.2 Å². The molecule has 1 aliphatic rings. The molecule has 5 nitrogen and oxygen atoms in total. The van der Waals surface area contributed by atoms with Crippen LogP contribution in [0.2, 0.25) is 0 Å². The van der Waals surface area contributed by atoms with Gasteiger partial charge in [-0.15, -0.1) is 0 Å². The first kappa shape index (κ1) is 21.9. The van der Waals surface area contributed by atoms with Crippen LogP contribution in [0.3, 0.4) is 0 Å². The summed E-state index contributed by atoms with van der Waals surface area (Å²) in [6, 6.07) is 1.90. The molecule has 0 saturated heterocycles. The normalized spacial score (nSPS) is 22.2. The highest BCUT2D eigenvalue weighted by molar-refractivity contribution is 5.91. The maximum absolute atomic E-state index is 14.3. The summed E-state index contributed by atoms with van der Waals surface area (Å²) in [6.07, 6.45) is -3.30. The summed E-state index contributed by atoms with van der Waals surface area (Å²) < 4.78 is 70.9. The van der Waals surface area contributed by atoms with Gasteiger partial charge in [-0.1, -0.05) is 6.08 Å². The summed E-state index contributed by atoms with van der Waals surface area (Å²) in [5.41, 5.74) is -3.31. The lowest BCUT2D eigenvalue weighted by molar-refractivity contribution is -0.265. The highest BCUT2D eigenvalue weighted by atomic mass is 19.4. The van der Waals surface area contributed by atoms with Crippen molar-refractivity contribution in [3.8, 4) is 5.75 Å². The third kappa shape index (κ3) is 3.44. The number of phenols is 1. The van der Waals surface area contributed by atoms with E-state index in [2.05, 4.69) is 15.3 Å². The zero-order valence-electron chi connectivity index (χ0n) is 16.9. The molecule has 3 aromatic rings. The first-order valence-electron chi connectivity index (χ1n) is 9.61. The van der Waals surface area contributed by atoms with Gasteiger partial charge in [0.05, 0.1) is 11.6 Å². The number of anilines is 1. The van der Waals surface area contributed by atoms with Gasteiger partial charge in [0.1, 0.15) is 11.6 Å². The number of fused-ring (bicyclic) bond motifs is 2. The number of nitrogens with one attached hydrogen (secondary N) is 1. The summed E-state index contributed by atoms with van der Waals surface area (Å²) in [7, 11) is 0. The second-order valence-electron chi connectivity index (χ2n) is 7.68. The molecule has 4 rings (SSSR count). The maximum Gasteiger partial charge on any atom is 0.419 e. The average Bonchev–Trinajstić information content (AvgIpc) is 2.70. The van der Waals surface area contributed by atoms with E-state index in [1.807, 2.05) is 0 Å². The molecule has 0 amide bonds. The van der Waals surface area contributed by atoms with Crippen LogP contribution in [0.1, 0.15) is 36.3 Å². The summed E-state index contributed by atoms with van der Waals surface area (Å²) in [5.74, 6) is -2.32. The number of halogens is 5. The highest BCUT2D eigenvalue weighted by Gasteiger charge is 2.61. The Labute approximate surface area is 179 Å². The van der Waals surface area contributed by atoms with Crippen LogP contribution in [0.15, 0.2) is 36.5 Å². The first-order chi connectivity index (χ1) is 14.9. The SMILES string of the molecule is C/C=C1/C[C@](O)(C(F)(F)F)[C@H](Nc2cc(F)cc3nc(C)ncc23)c2cc(F)c(O)cc21. The number of benzene rings is 2. The van der Waals surface area contributed by atoms with E-state index < -0.39 is 41.6 Å². The molecular weight excluding hydrogens is 433 g/mol. The topological polar surface area (TPSA) is 78.3 Å². The number of nitrogens with zero attached hydrogens (tertiary/aromatic N) is 2. The Kier molecular flexibility index (Phi) is 5.08. The number of rotatable bonds is 2. The van der Waals surface area contributed by atoms with Crippen LogP contribution in [0.25, 0.3) is 16.5 Å². The molecule has 32 heavy (non-hydrogen) atoms. The van der Waals surface area contributed by atoms with Crippen LogP contribution < -0.4 is 5.32 Å². The zero-order chi connectivity index (χ0) is 23.4. The second-order valence-corrected chi connectivity index (χ2v) is 7.68. The van der Waals surface area contributed by atoms with Crippen LogP contribution in [-0.4, -0.2) is 32.0 Å². The number of hydrogen-bond acceptors (Lipinski definition) is 5. The maximum atomic E-state index is 14.3. The van der Waals surface area contributed by atoms with E-state index in [9.17, 15) is 32.2 Å². The van der Waals surface area contributed by atoms with E-state index >= 15 is 0 Å². The van der Waals surface area contributed by atoms with E-state index in [0.29, 0.717) is 5.82 Å². The summed E-state index contributed by atoms with van der Waals surface area (Å²) in [6.45, 7) is 3.05. The Hall–Kier alpha value is -3.27. The minimum atomic E-state index is -5.12. The number of aryl methyl sites for hydroxylation is 1. The molecule has 0 unspecified atom stereocenters. The molecule has 0 spiro atoms. The van der Waals surface area contributed by atoms with Crippen LogP contribution in [0, 0.1) is 18.6 Å². The van der Waals surface area contributed by atoms with Crippen molar-refractivity contribution in [1.82, 2.24) is 9.97 Å². The van der Waals surface area contributed by atoms with Crippen LogP contribution in [0.4, 0.5) is 27.6 Å². The smallest absolute Gasteiger partial charge is 0.419 e. The van der Waals surface area contributed by atoms with Gasteiger partial charge in [0.25, 0.3) is 0 Å². The predicted octanol–water partition coefficient (Wildman–Crippen LogP) is 5.18. The largest absolute Gasteiger partial charge is 0.505 e. The van der Waals surface area contributed by atoms with E-state index in [4.69, 9.17) is 0 Å². The number of phenolic OH excluding ortho intramolecular Hbond substituents is 1. The molecule has 0 radical (unpaired) electrons. The fourth-order valence-corrected chi connectivity index (χ4v) is 4.03. The minimum absolute atomic E-state index is 0.0798. The molecule has 0 saturated carbocycles.